The summed E-state index contributed by atoms with van der Waals surface area (Å²) in [5.74, 6) is -0.494. The fourth-order valence-corrected chi connectivity index (χ4v) is 7.15. The summed E-state index contributed by atoms with van der Waals surface area (Å²) in [7, 11) is 0. The van der Waals surface area contributed by atoms with Gasteiger partial charge in [0.15, 0.2) is 5.78 Å². The van der Waals surface area contributed by atoms with Crippen molar-refractivity contribution in [3.63, 3.8) is 0 Å². The molecule has 2 heterocycles. The van der Waals surface area contributed by atoms with Crippen molar-refractivity contribution in [2.45, 2.75) is 56.5 Å². The van der Waals surface area contributed by atoms with Crippen molar-refractivity contribution in [3.8, 4) is 0 Å². The Bertz CT molecular complexity index is 1280. The monoisotopic (exact) mass is 603 g/mol. The zero-order valence-electron chi connectivity index (χ0n) is 21.9. The van der Waals surface area contributed by atoms with Gasteiger partial charge in [-0.05, 0) is 67.1 Å². The van der Waals surface area contributed by atoms with Crippen molar-refractivity contribution in [2.24, 2.45) is 11.8 Å². The minimum Gasteiger partial charge on any atom is -0.373 e. The zero-order chi connectivity index (χ0) is 29.7. The number of halogens is 7. The highest BCUT2D eigenvalue weighted by Gasteiger charge is 2.51. The van der Waals surface area contributed by atoms with Crippen LogP contribution in [0.25, 0.3) is 0 Å². The Morgan fingerprint density at radius 3 is 2.17 bits per heavy atom. The first-order valence-corrected chi connectivity index (χ1v) is 14.3. The zero-order valence-corrected chi connectivity index (χ0v) is 22.7. The van der Waals surface area contributed by atoms with Gasteiger partial charge in [-0.2, -0.15) is 26.3 Å². The van der Waals surface area contributed by atoms with E-state index in [1.807, 2.05) is 0 Å². The molecule has 0 radical (unpaired) electrons. The second-order valence-electron chi connectivity index (χ2n) is 10.8. The lowest BCUT2D eigenvalue weighted by Gasteiger charge is -2.41. The van der Waals surface area contributed by atoms with Gasteiger partial charge in [-0.25, -0.2) is 4.39 Å². The summed E-state index contributed by atoms with van der Waals surface area (Å²) >= 11 is 1.45. The number of carbonyl (C=O) groups excluding carboxylic acids is 1. The van der Waals surface area contributed by atoms with Gasteiger partial charge in [-0.3, -0.25) is 4.79 Å². The molecule has 1 unspecified atom stereocenters. The Hall–Kier alpha value is -2.57. The number of fused-ring (bicyclic) bond motifs is 1. The van der Waals surface area contributed by atoms with E-state index in [0.29, 0.717) is 54.3 Å². The minimum atomic E-state index is -4.98. The molecule has 0 amide bonds. The van der Waals surface area contributed by atoms with Crippen LogP contribution in [0.3, 0.4) is 0 Å². The van der Waals surface area contributed by atoms with Crippen molar-refractivity contribution in [1.82, 2.24) is 4.90 Å². The molecule has 0 bridgehead atoms. The van der Waals surface area contributed by atoms with Crippen LogP contribution in [0.4, 0.5) is 30.7 Å². The van der Waals surface area contributed by atoms with Crippen LogP contribution in [0.5, 0.6) is 0 Å². The summed E-state index contributed by atoms with van der Waals surface area (Å²) in [4.78, 5) is 13.8. The summed E-state index contributed by atoms with van der Waals surface area (Å²) in [6.45, 7) is 1.78. The van der Waals surface area contributed by atoms with Gasteiger partial charge in [0.05, 0.1) is 29.1 Å². The average Bonchev–Trinajstić information content (AvgIpc) is 3.24. The molecule has 2 aromatic rings. The molecule has 2 fully saturated rings. The van der Waals surface area contributed by atoms with Gasteiger partial charge in [0, 0.05) is 35.9 Å². The van der Waals surface area contributed by atoms with Gasteiger partial charge in [0.2, 0.25) is 0 Å². The fourth-order valence-electron chi connectivity index (χ4n) is 6.31. The molecule has 0 spiro atoms. The Balaban J connectivity index is 1.47. The molecular formula is C29H28F7NO3S. The maximum absolute atomic E-state index is 13.8. The topological polar surface area (TPSA) is 49.8 Å². The number of ketones is 1. The van der Waals surface area contributed by atoms with Gasteiger partial charge in [0.25, 0.3) is 0 Å². The van der Waals surface area contributed by atoms with E-state index in [1.54, 1.807) is 17.0 Å². The number of likely N-dealkylation sites (tertiary alicyclic amines) is 1. The highest BCUT2D eigenvalue weighted by molar-refractivity contribution is 8.00. The van der Waals surface area contributed by atoms with Gasteiger partial charge in [-0.15, -0.1) is 11.8 Å². The maximum Gasteiger partial charge on any atom is 0.416 e. The molecule has 222 valence electrons. The number of rotatable bonds is 5. The van der Waals surface area contributed by atoms with Crippen LogP contribution in [0.15, 0.2) is 54.2 Å². The molecule has 41 heavy (non-hydrogen) atoms. The molecule has 1 N–H and O–H groups in total. The van der Waals surface area contributed by atoms with Gasteiger partial charge >= 0.3 is 12.4 Å². The van der Waals surface area contributed by atoms with Gasteiger partial charge < -0.3 is 14.7 Å². The van der Waals surface area contributed by atoms with Crippen LogP contribution in [0, 0.1) is 17.7 Å². The van der Waals surface area contributed by atoms with Crippen LogP contribution < -0.4 is 0 Å². The number of carbonyl (C=O) groups is 1. The summed E-state index contributed by atoms with van der Waals surface area (Å²) in [6.07, 6.45) is -10.2. The van der Waals surface area contributed by atoms with E-state index < -0.39 is 53.7 Å². The minimum absolute atomic E-state index is 0.0530. The van der Waals surface area contributed by atoms with Crippen LogP contribution >= 0.6 is 11.8 Å². The third-order valence-corrected chi connectivity index (χ3v) is 9.20. The number of benzene rings is 2. The predicted molar refractivity (Wildman–Crippen MR) is 138 cm³/mol. The molecule has 1 aliphatic carbocycles. The number of hydrogen-bond donors (Lipinski definition) is 1. The predicted octanol–water partition coefficient (Wildman–Crippen LogP) is 6.95. The van der Waals surface area contributed by atoms with Crippen LogP contribution in [0.1, 0.15) is 54.0 Å². The Morgan fingerprint density at radius 2 is 1.59 bits per heavy atom. The van der Waals surface area contributed by atoms with Crippen molar-refractivity contribution in [2.75, 3.05) is 18.1 Å². The highest BCUT2D eigenvalue weighted by atomic mass is 32.2. The van der Waals surface area contributed by atoms with Crippen molar-refractivity contribution >= 4 is 17.5 Å². The lowest BCUT2D eigenvalue weighted by Crippen LogP contribution is -2.39. The molecule has 2 aliphatic heterocycles. The van der Waals surface area contributed by atoms with E-state index in [4.69, 9.17) is 4.74 Å². The SMILES string of the molecule is C[C@@H](O[C@H]1CC[C@@H]2C(O)N(C3=CC(=O)CSC3)C[C@H]2[C@@H]1c1ccc(F)cc1)c1cc(C(F)(F)F)cc(C(F)(F)F)c1. The summed E-state index contributed by atoms with van der Waals surface area (Å²) in [5.41, 5.74) is -1.70. The summed E-state index contributed by atoms with van der Waals surface area (Å²) < 4.78 is 101. The standard InChI is InChI=1S/C29H28F7NO3S/c1-15(17-8-18(28(31,32)33)10-19(9-17)29(34,35)36)40-25-7-6-23-24(26(25)16-2-4-20(30)5-3-16)12-37(27(23)39)21-11-22(38)14-41-13-21/h2-5,8-11,15,23-27,39H,6-7,12-14H2,1H3/t15-,23+,24-,25+,26+,27?/m1/s1. The van der Waals surface area contributed by atoms with Crippen molar-refractivity contribution in [3.05, 3.63) is 82.3 Å². The number of allylic oxidation sites excluding steroid dienone is 1. The van der Waals surface area contributed by atoms with Crippen LogP contribution in [0.2, 0.25) is 0 Å². The number of nitrogens with zero attached hydrogens (tertiary/aromatic N) is 1. The van der Waals surface area contributed by atoms with E-state index in [2.05, 4.69) is 0 Å². The molecule has 1 saturated carbocycles. The first kappa shape index (κ1) is 29.9. The van der Waals surface area contributed by atoms with Gasteiger partial charge in [-0.1, -0.05) is 12.1 Å². The van der Waals surface area contributed by atoms with E-state index in [0.717, 1.165) is 0 Å². The van der Waals surface area contributed by atoms with Crippen molar-refractivity contribution < 1.29 is 45.4 Å². The lowest BCUT2D eigenvalue weighted by molar-refractivity contribution is -0.143. The second-order valence-corrected chi connectivity index (χ2v) is 11.8. The van der Waals surface area contributed by atoms with E-state index >= 15 is 0 Å². The molecule has 6 atom stereocenters. The molecule has 4 nitrogen and oxygen atoms in total. The highest BCUT2D eigenvalue weighted by Crippen LogP contribution is 2.51. The quantitative estimate of drug-likeness (QED) is 0.375. The summed E-state index contributed by atoms with van der Waals surface area (Å²) in [5, 5.41) is 11.2. The fraction of sp³-hybridized carbons (Fsp3) is 0.483. The van der Waals surface area contributed by atoms with Crippen LogP contribution in [-0.2, 0) is 21.9 Å². The third-order valence-electron chi connectivity index (χ3n) is 8.21. The third kappa shape index (κ3) is 6.29. The lowest BCUT2D eigenvalue weighted by atomic mass is 9.69. The number of aliphatic hydroxyl groups is 1. The average molecular weight is 604 g/mol. The number of hydrogen-bond acceptors (Lipinski definition) is 5. The van der Waals surface area contributed by atoms with E-state index in [-0.39, 0.29) is 29.2 Å². The van der Waals surface area contributed by atoms with E-state index in [9.17, 15) is 40.6 Å². The number of ether oxygens (including phenoxy) is 1. The smallest absolute Gasteiger partial charge is 0.373 e. The molecule has 1 saturated heterocycles. The molecule has 0 aromatic heterocycles. The number of alkyl halides is 6. The number of aliphatic hydroxyl groups excluding tert-OH is 1. The normalized spacial score (nSPS) is 27.9. The number of thioether (sulfide) groups is 1. The Labute approximate surface area is 236 Å². The second kappa shape index (κ2) is 11.3. The largest absolute Gasteiger partial charge is 0.416 e. The Kier molecular flexibility index (Phi) is 8.21. The maximum atomic E-state index is 13.8. The van der Waals surface area contributed by atoms with E-state index in [1.165, 1.54) is 36.9 Å². The summed E-state index contributed by atoms with van der Waals surface area (Å²) in [6, 6.07) is 7.16. The molecule has 2 aromatic carbocycles. The molecule has 3 aliphatic rings. The molecule has 5 rings (SSSR count). The Morgan fingerprint density at radius 1 is 0.951 bits per heavy atom. The molecule has 12 heteroatoms. The first-order chi connectivity index (χ1) is 19.2. The first-order valence-electron chi connectivity index (χ1n) is 13.2. The van der Waals surface area contributed by atoms with Crippen LogP contribution in [-0.4, -0.2) is 46.2 Å². The van der Waals surface area contributed by atoms with Gasteiger partial charge in [0.1, 0.15) is 12.0 Å². The molecular weight excluding hydrogens is 575 g/mol. The van der Waals surface area contributed by atoms with Crippen molar-refractivity contribution in [1.29, 1.82) is 0 Å².